The van der Waals surface area contributed by atoms with Crippen LogP contribution in [-0.2, 0) is 6.54 Å². The van der Waals surface area contributed by atoms with Crippen molar-refractivity contribution in [2.24, 2.45) is 5.92 Å². The molecule has 0 aromatic carbocycles. The van der Waals surface area contributed by atoms with Gasteiger partial charge < -0.3 is 10.2 Å². The second-order valence-electron chi connectivity index (χ2n) is 5.34. The van der Waals surface area contributed by atoms with Gasteiger partial charge in [0.15, 0.2) is 5.13 Å². The lowest BCUT2D eigenvalue weighted by molar-refractivity contribution is 0.548. The summed E-state index contributed by atoms with van der Waals surface area (Å²) in [5.41, 5.74) is 1.09. The molecule has 1 aromatic rings. The van der Waals surface area contributed by atoms with Crippen LogP contribution in [0.3, 0.4) is 0 Å². The molecular formula is C14H24N4S. The number of rotatable bonds is 8. The minimum atomic E-state index is 0.371. The normalized spacial score (nSPS) is 11.0. The zero-order valence-electron chi connectivity index (χ0n) is 12.3. The number of anilines is 1. The van der Waals surface area contributed by atoms with Gasteiger partial charge in [0, 0.05) is 24.5 Å². The van der Waals surface area contributed by atoms with Gasteiger partial charge in [-0.15, -0.1) is 11.3 Å². The Morgan fingerprint density at radius 2 is 2.16 bits per heavy atom. The van der Waals surface area contributed by atoms with Gasteiger partial charge in [0.25, 0.3) is 0 Å². The highest BCUT2D eigenvalue weighted by Crippen LogP contribution is 2.22. The molecule has 0 aliphatic rings. The maximum Gasteiger partial charge on any atom is 0.185 e. The number of nitrogens with one attached hydrogen (secondary N) is 1. The monoisotopic (exact) mass is 280 g/mol. The highest BCUT2D eigenvalue weighted by atomic mass is 32.1. The van der Waals surface area contributed by atoms with Gasteiger partial charge in [-0.1, -0.05) is 13.8 Å². The first kappa shape index (κ1) is 15.9. The molecule has 19 heavy (non-hydrogen) atoms. The summed E-state index contributed by atoms with van der Waals surface area (Å²) in [6, 6.07) is 2.57. The second kappa shape index (κ2) is 8.13. The zero-order chi connectivity index (χ0) is 14.3. The van der Waals surface area contributed by atoms with E-state index in [1.54, 1.807) is 11.3 Å². The summed E-state index contributed by atoms with van der Waals surface area (Å²) in [4.78, 5) is 6.85. The van der Waals surface area contributed by atoms with Crippen LogP contribution >= 0.6 is 11.3 Å². The Kier molecular flexibility index (Phi) is 6.82. The van der Waals surface area contributed by atoms with E-state index in [0.29, 0.717) is 18.4 Å². The zero-order valence-corrected chi connectivity index (χ0v) is 13.1. The van der Waals surface area contributed by atoms with E-state index in [1.807, 2.05) is 0 Å². The molecule has 1 rings (SSSR count). The first-order valence-electron chi connectivity index (χ1n) is 6.83. The van der Waals surface area contributed by atoms with Crippen molar-refractivity contribution in [1.82, 2.24) is 10.3 Å². The number of aromatic nitrogens is 1. The third-order valence-corrected chi connectivity index (χ3v) is 3.66. The lowest BCUT2D eigenvalue weighted by atomic mass is 10.2. The molecule has 0 aliphatic heterocycles. The Bertz CT molecular complexity index is 406. The summed E-state index contributed by atoms with van der Waals surface area (Å²) < 4.78 is 0. The number of hydrogen-bond donors (Lipinski definition) is 1. The van der Waals surface area contributed by atoms with Crippen molar-refractivity contribution < 1.29 is 0 Å². The summed E-state index contributed by atoms with van der Waals surface area (Å²) in [5, 5.41) is 15.2. The van der Waals surface area contributed by atoms with Crippen molar-refractivity contribution in [3.8, 4) is 6.07 Å². The van der Waals surface area contributed by atoms with E-state index >= 15 is 0 Å². The number of nitriles is 1. The van der Waals surface area contributed by atoms with Crippen molar-refractivity contribution in [1.29, 1.82) is 5.26 Å². The van der Waals surface area contributed by atoms with Gasteiger partial charge in [0.05, 0.1) is 18.2 Å². The van der Waals surface area contributed by atoms with Gasteiger partial charge in [-0.05, 0) is 26.3 Å². The van der Waals surface area contributed by atoms with Crippen LogP contribution in [-0.4, -0.2) is 24.1 Å². The molecular weight excluding hydrogens is 256 g/mol. The smallest absolute Gasteiger partial charge is 0.185 e. The van der Waals surface area contributed by atoms with Crippen molar-refractivity contribution >= 4 is 16.5 Å². The fourth-order valence-corrected chi connectivity index (χ4v) is 2.73. The van der Waals surface area contributed by atoms with Crippen LogP contribution in [0.25, 0.3) is 0 Å². The summed E-state index contributed by atoms with van der Waals surface area (Å²) in [6.07, 6.45) is 0.540. The van der Waals surface area contributed by atoms with Gasteiger partial charge in [-0.2, -0.15) is 5.26 Å². The van der Waals surface area contributed by atoms with Crippen LogP contribution in [0.5, 0.6) is 0 Å². The number of hydrogen-bond acceptors (Lipinski definition) is 5. The Morgan fingerprint density at radius 1 is 1.42 bits per heavy atom. The van der Waals surface area contributed by atoms with Gasteiger partial charge in [0.2, 0.25) is 0 Å². The fraction of sp³-hybridized carbons (Fsp3) is 0.714. The average Bonchev–Trinajstić information content (AvgIpc) is 2.77. The molecule has 106 valence electrons. The summed E-state index contributed by atoms with van der Waals surface area (Å²) >= 11 is 1.66. The molecule has 4 nitrogen and oxygen atoms in total. The summed E-state index contributed by atoms with van der Waals surface area (Å²) in [5.74, 6) is 0.654. The van der Waals surface area contributed by atoms with Crippen molar-refractivity contribution in [3.63, 3.8) is 0 Å². The average molecular weight is 280 g/mol. The topological polar surface area (TPSA) is 52.0 Å². The molecule has 0 radical (unpaired) electrons. The number of thiazole rings is 1. The molecule has 0 saturated carbocycles. The second-order valence-corrected chi connectivity index (χ2v) is 6.18. The van der Waals surface area contributed by atoms with E-state index < -0.39 is 0 Å². The Balaban J connectivity index is 2.57. The molecule has 5 heteroatoms. The van der Waals surface area contributed by atoms with E-state index in [4.69, 9.17) is 5.26 Å². The number of nitrogens with zero attached hydrogens (tertiary/aromatic N) is 3. The van der Waals surface area contributed by atoms with Gasteiger partial charge >= 0.3 is 0 Å². The first-order chi connectivity index (χ1) is 9.04. The van der Waals surface area contributed by atoms with E-state index in [1.165, 1.54) is 0 Å². The van der Waals surface area contributed by atoms with Crippen molar-refractivity contribution in [2.75, 3.05) is 18.0 Å². The predicted molar refractivity (Wildman–Crippen MR) is 81.4 cm³/mol. The van der Waals surface area contributed by atoms with Gasteiger partial charge in [-0.25, -0.2) is 4.98 Å². The van der Waals surface area contributed by atoms with Crippen molar-refractivity contribution in [3.05, 3.63) is 11.1 Å². The van der Waals surface area contributed by atoms with E-state index in [0.717, 1.165) is 30.5 Å². The highest BCUT2D eigenvalue weighted by molar-refractivity contribution is 7.13. The predicted octanol–water partition coefficient (Wildman–Crippen LogP) is 3.02. The third-order valence-electron chi connectivity index (χ3n) is 2.73. The van der Waals surface area contributed by atoms with Crippen LogP contribution in [0, 0.1) is 17.2 Å². The Morgan fingerprint density at radius 3 is 2.74 bits per heavy atom. The fourth-order valence-electron chi connectivity index (χ4n) is 1.74. The quantitative estimate of drug-likeness (QED) is 0.795. The van der Waals surface area contributed by atoms with Crippen LogP contribution in [0.4, 0.5) is 5.13 Å². The van der Waals surface area contributed by atoms with Gasteiger partial charge in [-0.3, -0.25) is 0 Å². The third kappa shape index (κ3) is 5.58. The van der Waals surface area contributed by atoms with Gasteiger partial charge in [0.1, 0.15) is 0 Å². The van der Waals surface area contributed by atoms with Crippen LogP contribution < -0.4 is 10.2 Å². The molecule has 0 unspecified atom stereocenters. The van der Waals surface area contributed by atoms with Crippen LogP contribution in [0.2, 0.25) is 0 Å². The molecule has 0 aliphatic carbocycles. The molecule has 0 fully saturated rings. The summed E-state index contributed by atoms with van der Waals surface area (Å²) in [7, 11) is 0. The maximum absolute atomic E-state index is 8.71. The van der Waals surface area contributed by atoms with Crippen LogP contribution in [0.15, 0.2) is 5.38 Å². The Labute approximate surface area is 120 Å². The highest BCUT2D eigenvalue weighted by Gasteiger charge is 2.14. The standard InChI is InChI=1S/C14H24N4S/c1-11(2)8-16-9-13-10-19-14(17-13)18(12(3)4)7-5-6-15/h10-12,16H,5,7-9H2,1-4H3. The molecule has 0 saturated heterocycles. The largest absolute Gasteiger partial charge is 0.345 e. The van der Waals surface area contributed by atoms with E-state index in [9.17, 15) is 0 Å². The SMILES string of the molecule is CC(C)CNCc1csc(N(CCC#N)C(C)C)n1. The first-order valence-corrected chi connectivity index (χ1v) is 7.71. The maximum atomic E-state index is 8.71. The van der Waals surface area contributed by atoms with E-state index in [2.05, 4.69) is 54.3 Å². The molecule has 0 amide bonds. The van der Waals surface area contributed by atoms with Crippen molar-refractivity contribution in [2.45, 2.75) is 46.7 Å². The minimum absolute atomic E-state index is 0.371. The summed E-state index contributed by atoms with van der Waals surface area (Å²) in [6.45, 7) is 11.2. The minimum Gasteiger partial charge on any atom is -0.345 e. The molecule has 0 atom stereocenters. The van der Waals surface area contributed by atoms with Crippen LogP contribution in [0.1, 0.15) is 39.8 Å². The lowest BCUT2D eigenvalue weighted by Crippen LogP contribution is -2.31. The Hall–Kier alpha value is -1.12. The van der Waals surface area contributed by atoms with E-state index in [-0.39, 0.29) is 0 Å². The molecule has 1 N–H and O–H groups in total. The molecule has 1 aromatic heterocycles. The molecule has 1 heterocycles. The molecule has 0 bridgehead atoms. The lowest BCUT2D eigenvalue weighted by Gasteiger charge is -2.24. The molecule has 0 spiro atoms.